The van der Waals surface area contributed by atoms with E-state index in [1.807, 2.05) is 55.5 Å². The van der Waals surface area contributed by atoms with Gasteiger partial charge < -0.3 is 15.0 Å². The highest BCUT2D eigenvalue weighted by atomic mass is 16.5. The molecule has 176 valence electrons. The van der Waals surface area contributed by atoms with Crippen LogP contribution in [0, 0.1) is 0 Å². The van der Waals surface area contributed by atoms with Gasteiger partial charge in [0.25, 0.3) is 11.8 Å². The molecule has 0 saturated heterocycles. The van der Waals surface area contributed by atoms with E-state index in [1.54, 1.807) is 53.4 Å². The van der Waals surface area contributed by atoms with Crippen LogP contribution in [0.3, 0.4) is 0 Å². The van der Waals surface area contributed by atoms with Crippen LogP contribution in [0.4, 0.5) is 11.4 Å². The van der Waals surface area contributed by atoms with Gasteiger partial charge in [0, 0.05) is 24.2 Å². The monoisotopic (exact) mass is 464 g/mol. The number of nitrogens with zero attached hydrogens (tertiary/aromatic N) is 1. The Hall–Kier alpha value is -4.38. The molecular weight excluding hydrogens is 436 g/mol. The van der Waals surface area contributed by atoms with Crippen LogP contribution in [0.25, 0.3) is 0 Å². The molecule has 0 unspecified atom stereocenters. The topological polar surface area (TPSA) is 58.6 Å². The van der Waals surface area contributed by atoms with Crippen molar-refractivity contribution in [3.05, 3.63) is 126 Å². The second-order valence-corrected chi connectivity index (χ2v) is 7.99. The van der Waals surface area contributed by atoms with Crippen molar-refractivity contribution in [2.75, 3.05) is 23.4 Å². The third-order valence-corrected chi connectivity index (χ3v) is 5.65. The van der Waals surface area contributed by atoms with Crippen molar-refractivity contribution in [2.45, 2.75) is 13.3 Å². The molecule has 5 nitrogen and oxygen atoms in total. The zero-order valence-corrected chi connectivity index (χ0v) is 19.7. The molecule has 0 atom stereocenters. The molecule has 0 aliphatic heterocycles. The predicted molar refractivity (Wildman–Crippen MR) is 140 cm³/mol. The summed E-state index contributed by atoms with van der Waals surface area (Å²) in [5.74, 6) is 0.245. The Kier molecular flexibility index (Phi) is 7.92. The maximum atomic E-state index is 13.3. The Morgan fingerprint density at radius 1 is 0.771 bits per heavy atom. The minimum absolute atomic E-state index is 0.170. The molecule has 2 amide bonds. The van der Waals surface area contributed by atoms with Crippen LogP contribution in [0.1, 0.15) is 33.2 Å². The smallest absolute Gasteiger partial charge is 0.260 e. The number of nitrogens with one attached hydrogen (secondary N) is 1. The van der Waals surface area contributed by atoms with E-state index in [1.165, 1.54) is 5.56 Å². The second kappa shape index (κ2) is 11.7. The number of carbonyl (C=O) groups is 2. The van der Waals surface area contributed by atoms with E-state index in [2.05, 4.69) is 17.4 Å². The lowest BCUT2D eigenvalue weighted by atomic mass is 10.1. The minimum Gasteiger partial charge on any atom is -0.493 e. The first-order chi connectivity index (χ1) is 17.2. The van der Waals surface area contributed by atoms with Crippen molar-refractivity contribution in [3.8, 4) is 5.75 Å². The van der Waals surface area contributed by atoms with Crippen molar-refractivity contribution in [3.63, 3.8) is 0 Å². The highest BCUT2D eigenvalue weighted by molar-refractivity contribution is 6.13. The van der Waals surface area contributed by atoms with Crippen LogP contribution in [0.15, 0.2) is 109 Å². The zero-order chi connectivity index (χ0) is 24.5. The fourth-order valence-corrected chi connectivity index (χ4v) is 3.80. The number of benzene rings is 4. The first-order valence-corrected chi connectivity index (χ1v) is 11.7. The van der Waals surface area contributed by atoms with E-state index < -0.39 is 0 Å². The van der Waals surface area contributed by atoms with Crippen LogP contribution >= 0.6 is 0 Å². The number of para-hydroxylation sites is 2. The molecular formula is C30H28N2O3. The number of anilines is 2. The summed E-state index contributed by atoms with van der Waals surface area (Å²) in [6.07, 6.45) is 0.811. The molecule has 0 aliphatic carbocycles. The van der Waals surface area contributed by atoms with Crippen LogP contribution < -0.4 is 15.0 Å². The summed E-state index contributed by atoms with van der Waals surface area (Å²) >= 11 is 0. The molecule has 0 aromatic heterocycles. The number of ether oxygens (including phenoxy) is 1. The quantitative estimate of drug-likeness (QED) is 0.320. The molecule has 35 heavy (non-hydrogen) atoms. The fourth-order valence-electron chi connectivity index (χ4n) is 3.80. The van der Waals surface area contributed by atoms with Crippen molar-refractivity contribution < 1.29 is 14.3 Å². The summed E-state index contributed by atoms with van der Waals surface area (Å²) in [6, 6.07) is 33.7. The van der Waals surface area contributed by atoms with Gasteiger partial charge in [-0.25, -0.2) is 0 Å². The lowest BCUT2D eigenvalue weighted by Gasteiger charge is -2.22. The van der Waals surface area contributed by atoms with E-state index >= 15 is 0 Å². The first kappa shape index (κ1) is 23.8. The molecule has 4 rings (SSSR count). The average Bonchev–Trinajstić information content (AvgIpc) is 2.91. The van der Waals surface area contributed by atoms with Gasteiger partial charge in [0.1, 0.15) is 5.75 Å². The van der Waals surface area contributed by atoms with E-state index in [-0.39, 0.29) is 11.8 Å². The van der Waals surface area contributed by atoms with Gasteiger partial charge in [0.2, 0.25) is 0 Å². The molecule has 0 bridgehead atoms. The van der Waals surface area contributed by atoms with Crippen LogP contribution in [-0.2, 0) is 6.42 Å². The van der Waals surface area contributed by atoms with E-state index in [4.69, 9.17) is 4.74 Å². The Labute approximate surface area is 206 Å². The maximum absolute atomic E-state index is 13.3. The van der Waals surface area contributed by atoms with Gasteiger partial charge in [-0.2, -0.15) is 0 Å². The second-order valence-electron chi connectivity index (χ2n) is 7.99. The lowest BCUT2D eigenvalue weighted by Crippen LogP contribution is -2.31. The number of hydrogen-bond donors (Lipinski definition) is 1. The number of hydrogen-bond acceptors (Lipinski definition) is 3. The Balaban J connectivity index is 1.41. The molecule has 0 spiro atoms. The molecule has 0 fully saturated rings. The summed E-state index contributed by atoms with van der Waals surface area (Å²) in [5, 5.41) is 2.90. The Morgan fingerprint density at radius 3 is 2.09 bits per heavy atom. The van der Waals surface area contributed by atoms with Gasteiger partial charge in [0.15, 0.2) is 0 Å². The molecule has 5 heteroatoms. The van der Waals surface area contributed by atoms with E-state index in [0.717, 1.165) is 12.1 Å². The Bertz CT molecular complexity index is 1260. The van der Waals surface area contributed by atoms with Gasteiger partial charge in [-0.3, -0.25) is 9.59 Å². The highest BCUT2D eigenvalue weighted by Gasteiger charge is 2.20. The fraction of sp³-hybridized carbons (Fsp3) is 0.133. The number of carbonyl (C=O) groups excluding carboxylic acids is 2. The molecule has 0 radical (unpaired) electrons. The van der Waals surface area contributed by atoms with Gasteiger partial charge in [0.05, 0.1) is 17.9 Å². The van der Waals surface area contributed by atoms with Gasteiger partial charge in [-0.1, -0.05) is 60.7 Å². The van der Waals surface area contributed by atoms with Crippen molar-refractivity contribution >= 4 is 23.2 Å². The summed E-state index contributed by atoms with van der Waals surface area (Å²) in [7, 11) is 0. The Morgan fingerprint density at radius 2 is 1.40 bits per heavy atom. The molecule has 0 aliphatic rings. The molecule has 0 saturated carbocycles. The predicted octanol–water partition coefficient (Wildman–Crippen LogP) is 6.23. The molecule has 0 heterocycles. The molecule has 4 aromatic carbocycles. The summed E-state index contributed by atoms with van der Waals surface area (Å²) < 4.78 is 5.81. The summed E-state index contributed by atoms with van der Waals surface area (Å²) in [4.78, 5) is 27.9. The van der Waals surface area contributed by atoms with Crippen molar-refractivity contribution in [1.29, 1.82) is 0 Å². The van der Waals surface area contributed by atoms with Gasteiger partial charge in [-0.15, -0.1) is 0 Å². The van der Waals surface area contributed by atoms with E-state index in [0.29, 0.717) is 35.7 Å². The standard InChI is InChI=1S/C30H28N2O3/c1-2-32(25-13-7-4-8-14-25)30(34)27-15-9-10-16-28(27)31-29(33)24-17-19-26(20-18-24)35-22-21-23-11-5-3-6-12-23/h3-20H,2,21-22H2,1H3,(H,31,33). The lowest BCUT2D eigenvalue weighted by molar-refractivity contribution is 0.0989. The molecule has 1 N–H and O–H groups in total. The third kappa shape index (κ3) is 6.15. The van der Waals surface area contributed by atoms with Gasteiger partial charge in [-0.05, 0) is 61.0 Å². The SMILES string of the molecule is CCN(C(=O)c1ccccc1NC(=O)c1ccc(OCCc2ccccc2)cc1)c1ccccc1. The van der Waals surface area contributed by atoms with Crippen LogP contribution in [0.5, 0.6) is 5.75 Å². The normalized spacial score (nSPS) is 10.4. The summed E-state index contributed by atoms with van der Waals surface area (Å²) in [5.41, 5.74) is 3.42. The van der Waals surface area contributed by atoms with Gasteiger partial charge >= 0.3 is 0 Å². The van der Waals surface area contributed by atoms with E-state index in [9.17, 15) is 9.59 Å². The highest BCUT2D eigenvalue weighted by Crippen LogP contribution is 2.23. The average molecular weight is 465 g/mol. The number of amides is 2. The molecule has 4 aromatic rings. The number of rotatable bonds is 9. The summed E-state index contributed by atoms with van der Waals surface area (Å²) in [6.45, 7) is 2.99. The minimum atomic E-state index is -0.288. The van der Waals surface area contributed by atoms with Crippen LogP contribution in [0.2, 0.25) is 0 Å². The third-order valence-electron chi connectivity index (χ3n) is 5.65. The first-order valence-electron chi connectivity index (χ1n) is 11.7. The van der Waals surface area contributed by atoms with Crippen molar-refractivity contribution in [2.24, 2.45) is 0 Å². The van der Waals surface area contributed by atoms with Crippen LogP contribution in [-0.4, -0.2) is 25.0 Å². The largest absolute Gasteiger partial charge is 0.493 e. The van der Waals surface area contributed by atoms with Crippen molar-refractivity contribution in [1.82, 2.24) is 0 Å². The maximum Gasteiger partial charge on any atom is 0.260 e. The zero-order valence-electron chi connectivity index (χ0n) is 19.7.